The van der Waals surface area contributed by atoms with Crippen LogP contribution in [0.15, 0.2) is 24.3 Å². The molecule has 94 valence electrons. The van der Waals surface area contributed by atoms with Crippen molar-refractivity contribution in [2.45, 2.75) is 26.7 Å². The number of rotatable bonds is 6. The van der Waals surface area contributed by atoms with Crippen LogP contribution in [0, 0.1) is 6.92 Å². The van der Waals surface area contributed by atoms with E-state index in [1.54, 1.807) is 0 Å². The zero-order valence-electron chi connectivity index (χ0n) is 10.6. The second kappa shape index (κ2) is 7.33. The SMILES string of the molecule is CCCCN(CCCl)C(=O)c1ccc(C)cc1. The topological polar surface area (TPSA) is 20.3 Å². The first-order chi connectivity index (χ1) is 8.19. The molecule has 0 aliphatic carbocycles. The molecule has 0 heterocycles. The Morgan fingerprint density at radius 2 is 1.88 bits per heavy atom. The van der Waals surface area contributed by atoms with Gasteiger partial charge in [-0.2, -0.15) is 0 Å². The van der Waals surface area contributed by atoms with Crippen molar-refractivity contribution >= 4 is 17.5 Å². The van der Waals surface area contributed by atoms with E-state index >= 15 is 0 Å². The Bertz CT molecular complexity index is 348. The van der Waals surface area contributed by atoms with Crippen molar-refractivity contribution < 1.29 is 4.79 Å². The van der Waals surface area contributed by atoms with Crippen LogP contribution < -0.4 is 0 Å². The fraction of sp³-hybridized carbons (Fsp3) is 0.500. The van der Waals surface area contributed by atoms with E-state index in [9.17, 15) is 4.79 Å². The van der Waals surface area contributed by atoms with Gasteiger partial charge in [-0.3, -0.25) is 4.79 Å². The average Bonchev–Trinajstić information content (AvgIpc) is 2.34. The smallest absolute Gasteiger partial charge is 0.253 e. The van der Waals surface area contributed by atoms with E-state index in [1.807, 2.05) is 36.1 Å². The first-order valence-electron chi connectivity index (χ1n) is 6.11. The first-order valence-corrected chi connectivity index (χ1v) is 6.64. The normalized spacial score (nSPS) is 10.3. The van der Waals surface area contributed by atoms with Gasteiger partial charge in [-0.05, 0) is 25.5 Å². The van der Waals surface area contributed by atoms with Crippen LogP contribution in [0.2, 0.25) is 0 Å². The number of amides is 1. The zero-order chi connectivity index (χ0) is 12.7. The van der Waals surface area contributed by atoms with Crippen molar-refractivity contribution in [2.75, 3.05) is 19.0 Å². The van der Waals surface area contributed by atoms with E-state index in [0.717, 1.165) is 24.9 Å². The van der Waals surface area contributed by atoms with Crippen LogP contribution in [0.5, 0.6) is 0 Å². The summed E-state index contributed by atoms with van der Waals surface area (Å²) in [5, 5.41) is 0. The Labute approximate surface area is 109 Å². The number of aryl methyl sites for hydroxylation is 1. The van der Waals surface area contributed by atoms with Crippen LogP contribution in [0.4, 0.5) is 0 Å². The number of benzene rings is 1. The van der Waals surface area contributed by atoms with E-state index in [4.69, 9.17) is 11.6 Å². The summed E-state index contributed by atoms with van der Waals surface area (Å²) < 4.78 is 0. The highest BCUT2D eigenvalue weighted by Gasteiger charge is 2.14. The Hall–Kier alpha value is -1.02. The molecular weight excluding hydrogens is 234 g/mol. The van der Waals surface area contributed by atoms with Crippen molar-refractivity contribution in [2.24, 2.45) is 0 Å². The molecule has 0 aromatic heterocycles. The average molecular weight is 254 g/mol. The minimum Gasteiger partial charge on any atom is -0.337 e. The van der Waals surface area contributed by atoms with Gasteiger partial charge in [0.25, 0.3) is 5.91 Å². The van der Waals surface area contributed by atoms with E-state index in [2.05, 4.69) is 6.92 Å². The molecule has 1 aromatic rings. The van der Waals surface area contributed by atoms with Gasteiger partial charge in [-0.1, -0.05) is 31.0 Å². The quantitative estimate of drug-likeness (QED) is 0.711. The van der Waals surface area contributed by atoms with E-state index in [-0.39, 0.29) is 5.91 Å². The lowest BCUT2D eigenvalue weighted by Crippen LogP contribution is -2.33. The lowest BCUT2D eigenvalue weighted by atomic mass is 10.1. The Kier molecular flexibility index (Phi) is 6.06. The number of nitrogens with zero attached hydrogens (tertiary/aromatic N) is 1. The fourth-order valence-electron chi connectivity index (χ4n) is 1.64. The number of carbonyl (C=O) groups excluding carboxylic acids is 1. The van der Waals surface area contributed by atoms with Crippen LogP contribution in [-0.4, -0.2) is 29.8 Å². The summed E-state index contributed by atoms with van der Waals surface area (Å²) in [5.74, 6) is 0.570. The minimum atomic E-state index is 0.0825. The van der Waals surface area contributed by atoms with Gasteiger partial charge in [0.15, 0.2) is 0 Å². The van der Waals surface area contributed by atoms with Crippen LogP contribution in [0.3, 0.4) is 0 Å². The largest absolute Gasteiger partial charge is 0.337 e. The van der Waals surface area contributed by atoms with Crippen molar-refractivity contribution in [1.29, 1.82) is 0 Å². The van der Waals surface area contributed by atoms with Crippen LogP contribution in [-0.2, 0) is 0 Å². The maximum Gasteiger partial charge on any atom is 0.253 e. The first kappa shape index (κ1) is 14.0. The molecule has 0 atom stereocenters. The molecule has 1 aromatic carbocycles. The lowest BCUT2D eigenvalue weighted by Gasteiger charge is -2.21. The zero-order valence-corrected chi connectivity index (χ0v) is 11.3. The standard InChI is InChI=1S/C14H20ClNO/c1-3-4-10-16(11-9-15)14(17)13-7-5-12(2)6-8-13/h5-8H,3-4,9-11H2,1-2H3. The number of halogens is 1. The Morgan fingerprint density at radius 3 is 2.41 bits per heavy atom. The highest BCUT2D eigenvalue weighted by atomic mass is 35.5. The maximum absolute atomic E-state index is 12.2. The van der Waals surface area contributed by atoms with Crippen LogP contribution >= 0.6 is 11.6 Å². The minimum absolute atomic E-state index is 0.0825. The second-order valence-corrected chi connectivity index (χ2v) is 4.58. The second-order valence-electron chi connectivity index (χ2n) is 4.20. The summed E-state index contributed by atoms with van der Waals surface area (Å²) in [7, 11) is 0. The molecule has 0 fully saturated rings. The number of alkyl halides is 1. The Morgan fingerprint density at radius 1 is 1.24 bits per heavy atom. The van der Waals surface area contributed by atoms with E-state index in [0.29, 0.717) is 12.4 Å². The van der Waals surface area contributed by atoms with Gasteiger partial charge >= 0.3 is 0 Å². The molecular formula is C14H20ClNO. The third-order valence-electron chi connectivity index (χ3n) is 2.72. The molecule has 0 radical (unpaired) electrons. The number of unbranched alkanes of at least 4 members (excludes halogenated alkanes) is 1. The van der Waals surface area contributed by atoms with Crippen molar-refractivity contribution in [1.82, 2.24) is 4.90 Å². The molecule has 0 unspecified atom stereocenters. The predicted octanol–water partition coefficient (Wildman–Crippen LogP) is 3.48. The van der Waals surface area contributed by atoms with Gasteiger partial charge in [0.1, 0.15) is 0 Å². The maximum atomic E-state index is 12.2. The summed E-state index contributed by atoms with van der Waals surface area (Å²) in [6.07, 6.45) is 2.11. The number of hydrogen-bond acceptors (Lipinski definition) is 1. The number of hydrogen-bond donors (Lipinski definition) is 0. The fourth-order valence-corrected chi connectivity index (χ4v) is 1.85. The summed E-state index contributed by atoms with van der Waals surface area (Å²) in [6, 6.07) is 7.69. The van der Waals surface area contributed by atoms with Crippen molar-refractivity contribution in [3.8, 4) is 0 Å². The summed E-state index contributed by atoms with van der Waals surface area (Å²) in [6.45, 7) is 5.54. The van der Waals surface area contributed by atoms with Crippen LogP contribution in [0.1, 0.15) is 35.7 Å². The van der Waals surface area contributed by atoms with Gasteiger partial charge in [0.2, 0.25) is 0 Å². The van der Waals surface area contributed by atoms with Crippen molar-refractivity contribution in [3.63, 3.8) is 0 Å². The molecule has 0 N–H and O–H groups in total. The molecule has 17 heavy (non-hydrogen) atoms. The monoisotopic (exact) mass is 253 g/mol. The molecule has 0 aliphatic rings. The molecule has 3 heteroatoms. The highest BCUT2D eigenvalue weighted by molar-refractivity contribution is 6.18. The molecule has 1 rings (SSSR count). The lowest BCUT2D eigenvalue weighted by molar-refractivity contribution is 0.0763. The van der Waals surface area contributed by atoms with Gasteiger partial charge in [-0.25, -0.2) is 0 Å². The van der Waals surface area contributed by atoms with E-state index in [1.165, 1.54) is 5.56 Å². The third kappa shape index (κ3) is 4.39. The molecule has 1 amide bonds. The molecule has 0 aliphatic heterocycles. The van der Waals surface area contributed by atoms with Gasteiger partial charge < -0.3 is 4.90 Å². The molecule has 0 saturated heterocycles. The van der Waals surface area contributed by atoms with Gasteiger partial charge in [0.05, 0.1) is 0 Å². The molecule has 0 bridgehead atoms. The predicted molar refractivity (Wildman–Crippen MR) is 72.7 cm³/mol. The summed E-state index contributed by atoms with van der Waals surface area (Å²) >= 11 is 5.74. The number of carbonyl (C=O) groups is 1. The highest BCUT2D eigenvalue weighted by Crippen LogP contribution is 2.08. The summed E-state index contributed by atoms with van der Waals surface area (Å²) in [4.78, 5) is 14.1. The molecule has 2 nitrogen and oxygen atoms in total. The van der Waals surface area contributed by atoms with Gasteiger partial charge in [-0.15, -0.1) is 11.6 Å². The molecule has 0 saturated carbocycles. The third-order valence-corrected chi connectivity index (χ3v) is 2.89. The summed E-state index contributed by atoms with van der Waals surface area (Å²) in [5.41, 5.74) is 1.91. The molecule has 0 spiro atoms. The van der Waals surface area contributed by atoms with Crippen molar-refractivity contribution in [3.05, 3.63) is 35.4 Å². The van der Waals surface area contributed by atoms with Gasteiger partial charge in [0, 0.05) is 24.5 Å². The van der Waals surface area contributed by atoms with Crippen LogP contribution in [0.25, 0.3) is 0 Å². The van der Waals surface area contributed by atoms with E-state index < -0.39 is 0 Å². The Balaban J connectivity index is 2.72.